The molecule has 0 radical (unpaired) electrons. The number of rotatable bonds is 8. The first-order valence-electron chi connectivity index (χ1n) is 9.02. The fourth-order valence-electron chi connectivity index (χ4n) is 2.85. The van der Waals surface area contributed by atoms with E-state index in [4.69, 9.17) is 0 Å². The second kappa shape index (κ2) is 9.66. The molecule has 10 heteroatoms. The molecule has 0 saturated carbocycles. The van der Waals surface area contributed by atoms with Crippen molar-refractivity contribution in [3.05, 3.63) is 65.7 Å². The molecule has 2 rings (SSSR count). The fourth-order valence-corrected chi connectivity index (χ4v) is 3.69. The van der Waals surface area contributed by atoms with Crippen molar-refractivity contribution in [2.24, 2.45) is 0 Å². The first kappa shape index (κ1) is 23.3. The van der Waals surface area contributed by atoms with Gasteiger partial charge in [-0.1, -0.05) is 24.3 Å². The Balaban J connectivity index is 2.40. The summed E-state index contributed by atoms with van der Waals surface area (Å²) >= 11 is 0. The van der Waals surface area contributed by atoms with E-state index in [1.165, 1.54) is 44.3 Å². The van der Waals surface area contributed by atoms with Crippen LogP contribution in [0.5, 0.6) is 0 Å². The Bertz CT molecular complexity index is 1030. The molecule has 0 heterocycles. The highest BCUT2D eigenvalue weighted by atomic mass is 32.2. The lowest BCUT2D eigenvalue weighted by atomic mass is 10.1. The number of carbonyl (C=O) groups is 2. The van der Waals surface area contributed by atoms with Gasteiger partial charge in [0.25, 0.3) is 0 Å². The highest BCUT2D eigenvalue weighted by Crippen LogP contribution is 2.20. The lowest BCUT2D eigenvalue weighted by Gasteiger charge is -2.31. The minimum absolute atomic E-state index is 0.0377. The van der Waals surface area contributed by atoms with E-state index in [2.05, 4.69) is 5.32 Å². The number of likely N-dealkylation sites (N-methyl/N-ethyl adjacent to an activating group) is 1. The van der Waals surface area contributed by atoms with Gasteiger partial charge in [0.1, 0.15) is 24.2 Å². The number of anilines is 1. The maximum absolute atomic E-state index is 14.1. The predicted octanol–water partition coefficient (Wildman–Crippen LogP) is 1.89. The van der Waals surface area contributed by atoms with Gasteiger partial charge in [-0.25, -0.2) is 17.2 Å². The van der Waals surface area contributed by atoms with Gasteiger partial charge in [-0.3, -0.25) is 13.9 Å². The van der Waals surface area contributed by atoms with Crippen LogP contribution >= 0.6 is 0 Å². The Morgan fingerprint density at radius 1 is 1.10 bits per heavy atom. The van der Waals surface area contributed by atoms with Gasteiger partial charge in [0.2, 0.25) is 21.8 Å². The summed E-state index contributed by atoms with van der Waals surface area (Å²) in [5.74, 6) is -2.49. The quantitative estimate of drug-likeness (QED) is 0.681. The first-order valence-corrected chi connectivity index (χ1v) is 10.9. The van der Waals surface area contributed by atoms with E-state index in [9.17, 15) is 26.8 Å². The van der Waals surface area contributed by atoms with Crippen molar-refractivity contribution in [3.63, 3.8) is 0 Å². The normalized spacial score (nSPS) is 12.2. The predicted molar refractivity (Wildman–Crippen MR) is 109 cm³/mol. The van der Waals surface area contributed by atoms with E-state index in [1.54, 1.807) is 6.07 Å². The summed E-state index contributed by atoms with van der Waals surface area (Å²) in [6.07, 6.45) is 0.884. The summed E-state index contributed by atoms with van der Waals surface area (Å²) < 4.78 is 53.0. The van der Waals surface area contributed by atoms with Crippen LogP contribution in [-0.2, 0) is 26.2 Å². The van der Waals surface area contributed by atoms with Gasteiger partial charge in [-0.15, -0.1) is 0 Å². The Morgan fingerprint density at radius 3 is 2.33 bits per heavy atom. The minimum atomic E-state index is -3.95. The van der Waals surface area contributed by atoms with E-state index in [0.717, 1.165) is 27.6 Å². The molecule has 30 heavy (non-hydrogen) atoms. The van der Waals surface area contributed by atoms with Crippen LogP contribution in [0.25, 0.3) is 0 Å². The zero-order valence-corrected chi connectivity index (χ0v) is 17.6. The molecule has 0 saturated heterocycles. The molecule has 1 atom stereocenters. The van der Waals surface area contributed by atoms with Crippen molar-refractivity contribution >= 4 is 27.5 Å². The van der Waals surface area contributed by atoms with Crippen molar-refractivity contribution in [2.75, 3.05) is 24.2 Å². The van der Waals surface area contributed by atoms with Gasteiger partial charge in [-0.2, -0.15) is 0 Å². The van der Waals surface area contributed by atoms with Crippen LogP contribution in [0.15, 0.2) is 48.5 Å². The number of carbonyl (C=O) groups excluding carboxylic acids is 2. The highest BCUT2D eigenvalue weighted by Gasteiger charge is 2.30. The van der Waals surface area contributed by atoms with Gasteiger partial charge in [-0.05, 0) is 31.2 Å². The van der Waals surface area contributed by atoms with Crippen molar-refractivity contribution in [2.45, 2.75) is 19.5 Å². The van der Waals surface area contributed by atoms with Gasteiger partial charge < -0.3 is 10.2 Å². The third-order valence-electron chi connectivity index (χ3n) is 4.49. The van der Waals surface area contributed by atoms with E-state index in [0.29, 0.717) is 0 Å². The van der Waals surface area contributed by atoms with E-state index >= 15 is 0 Å². The number of benzene rings is 2. The molecule has 0 aromatic heterocycles. The highest BCUT2D eigenvalue weighted by molar-refractivity contribution is 7.92. The lowest BCUT2D eigenvalue weighted by Crippen LogP contribution is -2.50. The molecule has 2 amide bonds. The topological polar surface area (TPSA) is 86.8 Å². The number of sulfonamides is 1. The number of hydrogen-bond donors (Lipinski definition) is 1. The molecule has 2 aromatic carbocycles. The second-order valence-corrected chi connectivity index (χ2v) is 8.56. The molecule has 1 unspecified atom stereocenters. The summed E-state index contributed by atoms with van der Waals surface area (Å²) in [6.45, 7) is 0.517. The van der Waals surface area contributed by atoms with Gasteiger partial charge in [0.15, 0.2) is 0 Å². The van der Waals surface area contributed by atoms with Gasteiger partial charge in [0, 0.05) is 19.2 Å². The average Bonchev–Trinajstić information content (AvgIpc) is 2.69. The molecule has 162 valence electrons. The third-order valence-corrected chi connectivity index (χ3v) is 5.63. The standard InChI is InChI=1S/C20H23F2N3O4S/c1-14(20(27)23-2)24(12-15-7-4-5-10-18(15)22)19(26)13-25(30(3,28)29)17-9-6-8-16(21)11-17/h4-11,14H,12-13H2,1-3H3,(H,23,27). The third kappa shape index (κ3) is 5.76. The van der Waals surface area contributed by atoms with Crippen LogP contribution in [0.1, 0.15) is 12.5 Å². The molecule has 7 nitrogen and oxygen atoms in total. The zero-order valence-electron chi connectivity index (χ0n) is 16.8. The maximum Gasteiger partial charge on any atom is 0.244 e. The smallest absolute Gasteiger partial charge is 0.244 e. The van der Waals surface area contributed by atoms with E-state index < -0.39 is 46.1 Å². The maximum atomic E-state index is 14.1. The number of halogens is 2. The molecule has 0 bridgehead atoms. The largest absolute Gasteiger partial charge is 0.357 e. The van der Waals surface area contributed by atoms with Crippen molar-refractivity contribution < 1.29 is 26.8 Å². The molecule has 1 N–H and O–H groups in total. The fraction of sp³-hybridized carbons (Fsp3) is 0.300. The Hall–Kier alpha value is -3.01. The summed E-state index contributed by atoms with van der Waals surface area (Å²) in [6, 6.07) is 9.55. The summed E-state index contributed by atoms with van der Waals surface area (Å²) in [5.41, 5.74) is 0.127. The van der Waals surface area contributed by atoms with Crippen LogP contribution in [-0.4, -0.2) is 51.0 Å². The molecule has 0 fully saturated rings. The summed E-state index contributed by atoms with van der Waals surface area (Å²) in [7, 11) is -2.56. The van der Waals surface area contributed by atoms with Crippen molar-refractivity contribution in [3.8, 4) is 0 Å². The molecular weight excluding hydrogens is 416 g/mol. The van der Waals surface area contributed by atoms with E-state index in [1.807, 2.05) is 0 Å². The molecular formula is C20H23F2N3O4S. The molecule has 0 aliphatic carbocycles. The molecule has 2 aromatic rings. The van der Waals surface area contributed by atoms with Gasteiger partial charge in [0.05, 0.1) is 11.9 Å². The zero-order chi connectivity index (χ0) is 22.5. The van der Waals surface area contributed by atoms with Crippen LogP contribution in [0, 0.1) is 11.6 Å². The number of nitrogens with zero attached hydrogens (tertiary/aromatic N) is 2. The van der Waals surface area contributed by atoms with Crippen LogP contribution in [0.2, 0.25) is 0 Å². The van der Waals surface area contributed by atoms with Crippen molar-refractivity contribution in [1.29, 1.82) is 0 Å². The molecule has 0 aliphatic heterocycles. The summed E-state index contributed by atoms with van der Waals surface area (Å²) in [4.78, 5) is 26.3. The molecule has 0 spiro atoms. The Kier molecular flexibility index (Phi) is 7.49. The number of hydrogen-bond acceptors (Lipinski definition) is 4. The minimum Gasteiger partial charge on any atom is -0.357 e. The van der Waals surface area contributed by atoms with Gasteiger partial charge >= 0.3 is 0 Å². The SMILES string of the molecule is CNC(=O)C(C)N(Cc1ccccc1F)C(=O)CN(c1cccc(F)c1)S(C)(=O)=O. The summed E-state index contributed by atoms with van der Waals surface area (Å²) in [5, 5.41) is 2.42. The van der Waals surface area contributed by atoms with Crippen LogP contribution in [0.3, 0.4) is 0 Å². The number of nitrogens with one attached hydrogen (secondary N) is 1. The second-order valence-electron chi connectivity index (χ2n) is 6.65. The first-order chi connectivity index (χ1) is 14.0. The van der Waals surface area contributed by atoms with Crippen LogP contribution < -0.4 is 9.62 Å². The average molecular weight is 439 g/mol. The Morgan fingerprint density at radius 2 is 1.77 bits per heavy atom. The number of amides is 2. The lowest BCUT2D eigenvalue weighted by molar-refractivity contribution is -0.139. The van der Waals surface area contributed by atoms with Crippen molar-refractivity contribution in [1.82, 2.24) is 10.2 Å². The monoisotopic (exact) mass is 439 g/mol. The van der Waals surface area contributed by atoms with Crippen LogP contribution in [0.4, 0.5) is 14.5 Å². The van der Waals surface area contributed by atoms with E-state index in [-0.39, 0.29) is 17.8 Å². The molecule has 0 aliphatic rings. The Labute approximate surface area is 174 Å².